The van der Waals surface area contributed by atoms with Gasteiger partial charge in [-0.15, -0.1) is 0 Å². The number of rotatable bonds is 3. The third kappa shape index (κ3) is 2.03. The average Bonchev–Trinajstić information content (AvgIpc) is 2.09. The molecule has 1 atom stereocenters. The Labute approximate surface area is 67.4 Å². The van der Waals surface area contributed by atoms with E-state index in [4.69, 9.17) is 5.84 Å². The van der Waals surface area contributed by atoms with Crippen LogP contribution in [0.25, 0.3) is 0 Å². The van der Waals surface area contributed by atoms with Crippen molar-refractivity contribution in [3.8, 4) is 0 Å². The maximum absolute atomic E-state index is 5.37. The van der Waals surface area contributed by atoms with Crippen LogP contribution in [-0.4, -0.2) is 0 Å². The molecule has 0 bridgehead atoms. The van der Waals surface area contributed by atoms with Crippen molar-refractivity contribution >= 4 is 0 Å². The molecule has 11 heavy (non-hydrogen) atoms. The molecule has 0 aliphatic carbocycles. The van der Waals surface area contributed by atoms with E-state index in [1.54, 1.807) is 0 Å². The van der Waals surface area contributed by atoms with Crippen LogP contribution < -0.4 is 11.3 Å². The van der Waals surface area contributed by atoms with Crippen LogP contribution in [0.3, 0.4) is 0 Å². The first-order chi connectivity index (χ1) is 5.38. The molecule has 0 fully saturated rings. The van der Waals surface area contributed by atoms with Crippen molar-refractivity contribution in [2.75, 3.05) is 0 Å². The molecule has 1 aromatic carbocycles. The van der Waals surface area contributed by atoms with Crippen molar-refractivity contribution in [1.29, 1.82) is 0 Å². The van der Waals surface area contributed by atoms with E-state index in [-0.39, 0.29) is 6.04 Å². The van der Waals surface area contributed by atoms with Gasteiger partial charge in [0.1, 0.15) is 0 Å². The van der Waals surface area contributed by atoms with Gasteiger partial charge in [-0.3, -0.25) is 11.3 Å². The van der Waals surface area contributed by atoms with Gasteiger partial charge in [-0.25, -0.2) is 0 Å². The van der Waals surface area contributed by atoms with Crippen molar-refractivity contribution < 1.29 is 0 Å². The van der Waals surface area contributed by atoms with Crippen LogP contribution in [0.2, 0.25) is 0 Å². The Morgan fingerprint density at radius 1 is 1.36 bits per heavy atom. The standard InChI is InChI=1S/C9H14N2/c1-2-9(11-10)8-6-4-3-5-7-8/h3-7,9,11H,2,10H2,1H3/t9-/m1/s1. The van der Waals surface area contributed by atoms with E-state index in [0.717, 1.165) is 6.42 Å². The minimum atomic E-state index is 0.288. The molecule has 0 aliphatic heterocycles. The lowest BCUT2D eigenvalue weighted by molar-refractivity contribution is 0.539. The van der Waals surface area contributed by atoms with Gasteiger partial charge in [0.15, 0.2) is 0 Å². The Kier molecular flexibility index (Phi) is 3.08. The van der Waals surface area contributed by atoms with Crippen LogP contribution in [0.5, 0.6) is 0 Å². The van der Waals surface area contributed by atoms with Gasteiger partial charge < -0.3 is 0 Å². The predicted octanol–water partition coefficient (Wildman–Crippen LogP) is 1.60. The third-order valence-electron chi connectivity index (χ3n) is 1.81. The summed E-state index contributed by atoms with van der Waals surface area (Å²) in [5, 5.41) is 0. The lowest BCUT2D eigenvalue weighted by Crippen LogP contribution is -2.27. The zero-order chi connectivity index (χ0) is 8.10. The lowest BCUT2D eigenvalue weighted by atomic mass is 10.1. The molecule has 0 aromatic heterocycles. The predicted molar refractivity (Wildman–Crippen MR) is 46.8 cm³/mol. The van der Waals surface area contributed by atoms with E-state index in [9.17, 15) is 0 Å². The fourth-order valence-corrected chi connectivity index (χ4v) is 1.14. The summed E-state index contributed by atoms with van der Waals surface area (Å²) >= 11 is 0. The van der Waals surface area contributed by atoms with Crippen LogP contribution >= 0.6 is 0 Å². The normalized spacial score (nSPS) is 12.9. The van der Waals surface area contributed by atoms with Crippen molar-refractivity contribution in [2.24, 2.45) is 5.84 Å². The summed E-state index contributed by atoms with van der Waals surface area (Å²) in [7, 11) is 0. The zero-order valence-electron chi connectivity index (χ0n) is 6.75. The van der Waals surface area contributed by atoms with Crippen molar-refractivity contribution in [3.05, 3.63) is 35.9 Å². The topological polar surface area (TPSA) is 38.0 Å². The second kappa shape index (κ2) is 4.11. The Morgan fingerprint density at radius 2 is 2.00 bits per heavy atom. The van der Waals surface area contributed by atoms with Gasteiger partial charge in [0, 0.05) is 6.04 Å². The highest BCUT2D eigenvalue weighted by atomic mass is 15.2. The first-order valence-corrected chi connectivity index (χ1v) is 3.89. The highest BCUT2D eigenvalue weighted by molar-refractivity contribution is 5.18. The first-order valence-electron chi connectivity index (χ1n) is 3.89. The van der Waals surface area contributed by atoms with Crippen LogP contribution in [0, 0.1) is 0 Å². The molecule has 0 spiro atoms. The Hall–Kier alpha value is -0.860. The summed E-state index contributed by atoms with van der Waals surface area (Å²) < 4.78 is 0. The number of nitrogens with one attached hydrogen (secondary N) is 1. The second-order valence-electron chi connectivity index (χ2n) is 2.54. The lowest BCUT2D eigenvalue weighted by Gasteiger charge is -2.12. The molecule has 2 nitrogen and oxygen atoms in total. The summed E-state index contributed by atoms with van der Waals surface area (Å²) in [5.41, 5.74) is 4.02. The molecule has 1 aromatic rings. The van der Waals surface area contributed by atoms with Crippen molar-refractivity contribution in [3.63, 3.8) is 0 Å². The highest BCUT2D eigenvalue weighted by Crippen LogP contribution is 2.13. The Balaban J connectivity index is 2.74. The van der Waals surface area contributed by atoms with Crippen LogP contribution in [0.4, 0.5) is 0 Å². The fraction of sp³-hybridized carbons (Fsp3) is 0.333. The molecule has 0 saturated carbocycles. The molecule has 3 N–H and O–H groups in total. The Morgan fingerprint density at radius 3 is 2.45 bits per heavy atom. The molecular weight excluding hydrogens is 136 g/mol. The molecule has 0 amide bonds. The van der Waals surface area contributed by atoms with Crippen LogP contribution in [0.15, 0.2) is 30.3 Å². The molecule has 0 radical (unpaired) electrons. The van der Waals surface area contributed by atoms with E-state index < -0.39 is 0 Å². The van der Waals surface area contributed by atoms with Gasteiger partial charge in [-0.2, -0.15) is 0 Å². The van der Waals surface area contributed by atoms with Crippen LogP contribution in [-0.2, 0) is 0 Å². The van der Waals surface area contributed by atoms with E-state index in [0.29, 0.717) is 0 Å². The van der Waals surface area contributed by atoms with Crippen molar-refractivity contribution in [1.82, 2.24) is 5.43 Å². The second-order valence-corrected chi connectivity index (χ2v) is 2.54. The molecule has 1 rings (SSSR count). The monoisotopic (exact) mass is 150 g/mol. The summed E-state index contributed by atoms with van der Waals surface area (Å²) in [6.45, 7) is 2.11. The van der Waals surface area contributed by atoms with E-state index in [1.807, 2.05) is 18.2 Å². The molecule has 0 heterocycles. The van der Waals surface area contributed by atoms with Crippen LogP contribution in [0.1, 0.15) is 24.9 Å². The smallest absolute Gasteiger partial charge is 0.0457 e. The number of hydrogen-bond donors (Lipinski definition) is 2. The highest BCUT2D eigenvalue weighted by Gasteiger charge is 2.03. The summed E-state index contributed by atoms with van der Waals surface area (Å²) in [6, 6.07) is 10.5. The molecular formula is C9H14N2. The molecule has 2 heteroatoms. The van der Waals surface area contributed by atoms with Gasteiger partial charge in [0.25, 0.3) is 0 Å². The summed E-state index contributed by atoms with van der Waals surface area (Å²) in [6.07, 6.45) is 1.01. The molecule has 0 saturated heterocycles. The largest absolute Gasteiger partial charge is 0.271 e. The van der Waals surface area contributed by atoms with E-state index >= 15 is 0 Å². The maximum atomic E-state index is 5.37. The SMILES string of the molecule is CC[C@@H](NN)c1ccccc1. The third-order valence-corrected chi connectivity index (χ3v) is 1.81. The quantitative estimate of drug-likeness (QED) is 0.507. The zero-order valence-corrected chi connectivity index (χ0v) is 6.75. The molecule has 0 aliphatic rings. The number of hydrazine groups is 1. The number of benzene rings is 1. The fourth-order valence-electron chi connectivity index (χ4n) is 1.14. The molecule has 0 unspecified atom stereocenters. The first kappa shape index (κ1) is 8.24. The minimum absolute atomic E-state index is 0.288. The number of hydrogen-bond acceptors (Lipinski definition) is 2. The van der Waals surface area contributed by atoms with E-state index in [1.165, 1.54) is 5.56 Å². The van der Waals surface area contributed by atoms with Gasteiger partial charge in [-0.05, 0) is 12.0 Å². The maximum Gasteiger partial charge on any atom is 0.0457 e. The van der Waals surface area contributed by atoms with Gasteiger partial charge in [0.2, 0.25) is 0 Å². The Bertz CT molecular complexity index is 192. The van der Waals surface area contributed by atoms with Crippen molar-refractivity contribution in [2.45, 2.75) is 19.4 Å². The van der Waals surface area contributed by atoms with E-state index in [2.05, 4.69) is 24.5 Å². The van der Waals surface area contributed by atoms with Gasteiger partial charge in [-0.1, -0.05) is 37.3 Å². The summed E-state index contributed by atoms with van der Waals surface area (Å²) in [5.74, 6) is 5.37. The van der Waals surface area contributed by atoms with Gasteiger partial charge >= 0.3 is 0 Å². The van der Waals surface area contributed by atoms with Gasteiger partial charge in [0.05, 0.1) is 0 Å². The minimum Gasteiger partial charge on any atom is -0.271 e. The summed E-state index contributed by atoms with van der Waals surface area (Å²) in [4.78, 5) is 0. The number of nitrogens with two attached hydrogens (primary N) is 1. The average molecular weight is 150 g/mol. The molecule has 60 valence electrons.